The molecule has 1 heterocycles. The number of carbonyl (C=O) groups excluding carboxylic acids is 2. The van der Waals surface area contributed by atoms with Crippen LogP contribution in [0.4, 0.5) is 0 Å². The number of carbonyl (C=O) groups is 2. The van der Waals surface area contributed by atoms with Gasteiger partial charge in [-0.15, -0.1) is 0 Å². The van der Waals surface area contributed by atoms with Crippen LogP contribution in [0.5, 0.6) is 0 Å². The van der Waals surface area contributed by atoms with Crippen molar-refractivity contribution in [3.63, 3.8) is 0 Å². The quantitative estimate of drug-likeness (QED) is 0.635. The van der Waals surface area contributed by atoms with Gasteiger partial charge in [-0.25, -0.2) is 4.79 Å². The summed E-state index contributed by atoms with van der Waals surface area (Å²) in [7, 11) is 3.40. The van der Waals surface area contributed by atoms with Gasteiger partial charge < -0.3 is 9.64 Å². The molecule has 0 aromatic carbocycles. The maximum absolute atomic E-state index is 12.5. The molecule has 3 aliphatic rings. The standard InChI is InChI=1S/C12H18N2O3/c1-13-7-8-14(9(15)11(13)3-4-11)12(5-6-12)10(16)17-2/h3-8H2,1-2H3. The van der Waals surface area contributed by atoms with Crippen LogP contribution >= 0.6 is 0 Å². The predicted molar refractivity (Wildman–Crippen MR) is 60.3 cm³/mol. The van der Waals surface area contributed by atoms with Crippen molar-refractivity contribution >= 4 is 11.9 Å². The number of amides is 1. The van der Waals surface area contributed by atoms with E-state index in [-0.39, 0.29) is 17.4 Å². The fourth-order valence-electron chi connectivity index (χ4n) is 3.00. The minimum absolute atomic E-state index is 0.133. The molecule has 2 aliphatic carbocycles. The number of esters is 1. The Morgan fingerprint density at radius 3 is 2.35 bits per heavy atom. The van der Waals surface area contributed by atoms with E-state index in [4.69, 9.17) is 4.74 Å². The predicted octanol–water partition coefficient (Wildman–Crippen LogP) is -0.00140. The van der Waals surface area contributed by atoms with Gasteiger partial charge in [-0.3, -0.25) is 9.69 Å². The first-order valence-electron chi connectivity index (χ1n) is 6.19. The van der Waals surface area contributed by atoms with E-state index < -0.39 is 5.54 Å². The SMILES string of the molecule is COC(=O)C1(N2CCN(C)C3(CC3)C2=O)CC1. The molecule has 1 spiro atoms. The lowest BCUT2D eigenvalue weighted by Gasteiger charge is -2.42. The third kappa shape index (κ3) is 1.29. The van der Waals surface area contributed by atoms with E-state index in [0.29, 0.717) is 6.54 Å². The average molecular weight is 238 g/mol. The summed E-state index contributed by atoms with van der Waals surface area (Å²) < 4.78 is 4.85. The summed E-state index contributed by atoms with van der Waals surface area (Å²) in [6.45, 7) is 1.50. The topological polar surface area (TPSA) is 49.9 Å². The molecular formula is C12H18N2O3. The summed E-state index contributed by atoms with van der Waals surface area (Å²) in [4.78, 5) is 28.2. The first kappa shape index (κ1) is 11.0. The van der Waals surface area contributed by atoms with Crippen molar-refractivity contribution in [1.82, 2.24) is 9.80 Å². The van der Waals surface area contributed by atoms with Crippen LogP contribution in [0.15, 0.2) is 0 Å². The number of rotatable bonds is 2. The third-order valence-electron chi connectivity index (χ3n) is 4.56. The molecule has 0 atom stereocenters. The van der Waals surface area contributed by atoms with Crippen LogP contribution in [0.25, 0.3) is 0 Å². The molecule has 0 bridgehead atoms. The minimum Gasteiger partial charge on any atom is -0.467 e. The van der Waals surface area contributed by atoms with Gasteiger partial charge in [0.1, 0.15) is 11.1 Å². The highest BCUT2D eigenvalue weighted by molar-refractivity contribution is 5.96. The zero-order valence-electron chi connectivity index (χ0n) is 10.4. The molecule has 0 unspecified atom stereocenters. The summed E-state index contributed by atoms with van der Waals surface area (Å²) in [5.41, 5.74) is -0.912. The summed E-state index contributed by atoms with van der Waals surface area (Å²) in [6, 6.07) is 0. The normalized spacial score (nSPS) is 29.3. The van der Waals surface area contributed by atoms with Crippen LogP contribution in [0.1, 0.15) is 25.7 Å². The Bertz CT molecular complexity index is 385. The first-order valence-corrected chi connectivity index (χ1v) is 6.19. The average Bonchev–Trinajstić information content (AvgIpc) is 3.19. The van der Waals surface area contributed by atoms with Crippen LogP contribution in [0.3, 0.4) is 0 Å². The number of hydrogen-bond acceptors (Lipinski definition) is 4. The zero-order chi connectivity index (χ0) is 12.3. The second-order valence-electron chi connectivity index (χ2n) is 5.43. The highest BCUT2D eigenvalue weighted by atomic mass is 16.5. The Labute approximate surface area is 101 Å². The Balaban J connectivity index is 1.86. The zero-order valence-corrected chi connectivity index (χ0v) is 10.4. The van der Waals surface area contributed by atoms with E-state index in [1.165, 1.54) is 7.11 Å². The molecule has 0 radical (unpaired) electrons. The van der Waals surface area contributed by atoms with Gasteiger partial charge in [0.05, 0.1) is 7.11 Å². The number of nitrogens with zero attached hydrogens (tertiary/aromatic N) is 2. The monoisotopic (exact) mass is 238 g/mol. The minimum atomic E-state index is -0.622. The number of likely N-dealkylation sites (N-methyl/N-ethyl adjacent to an activating group) is 1. The van der Waals surface area contributed by atoms with Crippen LogP contribution in [-0.4, -0.2) is 60.0 Å². The van der Waals surface area contributed by atoms with Gasteiger partial charge in [-0.05, 0) is 32.7 Å². The first-order chi connectivity index (χ1) is 8.07. The number of hydrogen-bond donors (Lipinski definition) is 0. The van der Waals surface area contributed by atoms with E-state index in [9.17, 15) is 9.59 Å². The maximum atomic E-state index is 12.5. The highest BCUT2D eigenvalue weighted by Gasteiger charge is 2.65. The number of ether oxygens (including phenoxy) is 1. The second kappa shape index (κ2) is 3.22. The lowest BCUT2D eigenvalue weighted by molar-refractivity contribution is -0.161. The maximum Gasteiger partial charge on any atom is 0.331 e. The lowest BCUT2D eigenvalue weighted by Crippen LogP contribution is -2.62. The molecule has 3 rings (SSSR count). The molecule has 5 nitrogen and oxygen atoms in total. The molecule has 1 aliphatic heterocycles. The molecule has 1 amide bonds. The van der Waals surface area contributed by atoms with Gasteiger partial charge in [0.15, 0.2) is 0 Å². The fraction of sp³-hybridized carbons (Fsp3) is 0.833. The molecule has 5 heteroatoms. The van der Waals surface area contributed by atoms with E-state index in [0.717, 1.165) is 32.2 Å². The van der Waals surface area contributed by atoms with Crippen molar-refractivity contribution in [2.24, 2.45) is 0 Å². The van der Waals surface area contributed by atoms with Crippen LogP contribution in [-0.2, 0) is 14.3 Å². The smallest absolute Gasteiger partial charge is 0.331 e. The van der Waals surface area contributed by atoms with Crippen LogP contribution in [0, 0.1) is 0 Å². The summed E-state index contributed by atoms with van der Waals surface area (Å²) in [5, 5.41) is 0. The van der Waals surface area contributed by atoms with Crippen molar-refractivity contribution in [2.75, 3.05) is 27.2 Å². The molecule has 0 aromatic heterocycles. The fourth-order valence-corrected chi connectivity index (χ4v) is 3.00. The largest absolute Gasteiger partial charge is 0.467 e. The lowest BCUT2D eigenvalue weighted by atomic mass is 10.1. The Morgan fingerprint density at radius 2 is 1.88 bits per heavy atom. The Hall–Kier alpha value is -1.10. The molecule has 3 fully saturated rings. The van der Waals surface area contributed by atoms with Gasteiger partial charge in [-0.1, -0.05) is 0 Å². The van der Waals surface area contributed by atoms with Gasteiger partial charge in [0, 0.05) is 13.1 Å². The van der Waals surface area contributed by atoms with Gasteiger partial charge in [0.2, 0.25) is 5.91 Å². The Kier molecular flexibility index (Phi) is 2.09. The molecule has 94 valence electrons. The van der Waals surface area contributed by atoms with E-state index in [1.54, 1.807) is 4.90 Å². The van der Waals surface area contributed by atoms with Crippen molar-refractivity contribution in [2.45, 2.75) is 36.8 Å². The van der Waals surface area contributed by atoms with Crippen molar-refractivity contribution < 1.29 is 14.3 Å². The molecular weight excluding hydrogens is 220 g/mol. The summed E-state index contributed by atoms with van der Waals surface area (Å²) in [5.74, 6) is -0.111. The number of piperazine rings is 1. The van der Waals surface area contributed by atoms with Crippen molar-refractivity contribution in [1.29, 1.82) is 0 Å². The van der Waals surface area contributed by atoms with Gasteiger partial charge >= 0.3 is 5.97 Å². The van der Waals surface area contributed by atoms with E-state index in [1.807, 2.05) is 7.05 Å². The summed E-state index contributed by atoms with van der Waals surface area (Å²) in [6.07, 6.45) is 3.36. The van der Waals surface area contributed by atoms with Crippen molar-refractivity contribution in [3.8, 4) is 0 Å². The van der Waals surface area contributed by atoms with E-state index >= 15 is 0 Å². The highest BCUT2D eigenvalue weighted by Crippen LogP contribution is 2.50. The van der Waals surface area contributed by atoms with Crippen molar-refractivity contribution in [3.05, 3.63) is 0 Å². The van der Waals surface area contributed by atoms with Gasteiger partial charge in [0.25, 0.3) is 0 Å². The molecule has 0 N–H and O–H groups in total. The molecule has 2 saturated carbocycles. The van der Waals surface area contributed by atoms with Crippen LogP contribution in [0.2, 0.25) is 0 Å². The molecule has 17 heavy (non-hydrogen) atoms. The van der Waals surface area contributed by atoms with Crippen LogP contribution < -0.4 is 0 Å². The van der Waals surface area contributed by atoms with E-state index in [2.05, 4.69) is 4.90 Å². The second-order valence-corrected chi connectivity index (χ2v) is 5.43. The molecule has 0 aromatic rings. The number of methoxy groups -OCH3 is 1. The summed E-state index contributed by atoms with van der Waals surface area (Å²) >= 11 is 0. The third-order valence-corrected chi connectivity index (χ3v) is 4.56. The Morgan fingerprint density at radius 1 is 1.24 bits per heavy atom. The molecule has 1 saturated heterocycles. The van der Waals surface area contributed by atoms with Gasteiger partial charge in [-0.2, -0.15) is 0 Å².